The summed E-state index contributed by atoms with van der Waals surface area (Å²) in [7, 11) is 0. The van der Waals surface area contributed by atoms with E-state index in [0.717, 1.165) is 19.3 Å². The lowest BCUT2D eigenvalue weighted by Gasteiger charge is -2.16. The average Bonchev–Trinajstić information content (AvgIpc) is 2.39. The molecule has 0 saturated heterocycles. The lowest BCUT2D eigenvalue weighted by Crippen LogP contribution is -2.19. The predicted molar refractivity (Wildman–Crippen MR) is 94.5 cm³/mol. The van der Waals surface area contributed by atoms with Crippen molar-refractivity contribution in [2.75, 3.05) is 0 Å². The van der Waals surface area contributed by atoms with E-state index in [1.54, 1.807) is 26.8 Å². The number of allylic oxidation sites excluding steroid dienone is 2. The molecule has 0 aromatic heterocycles. The smallest absolute Gasteiger partial charge is 0.305 e. The highest BCUT2D eigenvalue weighted by atomic mass is 16.4. The average molecular weight is 330 g/mol. The van der Waals surface area contributed by atoms with Crippen LogP contribution in [0, 0.1) is 5.92 Å². The Morgan fingerprint density at radius 3 is 1.83 bits per heavy atom. The number of carbonyl (C=O) groups is 2. The van der Waals surface area contributed by atoms with Crippen LogP contribution in [0.2, 0.25) is 0 Å². The highest BCUT2D eigenvalue weighted by Gasteiger charge is 2.12. The van der Waals surface area contributed by atoms with Crippen molar-refractivity contribution < 1.29 is 24.9 Å². The minimum atomic E-state index is -0.741. The normalized spacial score (nSPS) is 11.8. The molecule has 0 saturated carbocycles. The van der Waals surface area contributed by atoms with Gasteiger partial charge in [-0.2, -0.15) is 0 Å². The Morgan fingerprint density at radius 1 is 1.22 bits per heavy atom. The van der Waals surface area contributed by atoms with Gasteiger partial charge in [0.1, 0.15) is 0 Å². The van der Waals surface area contributed by atoms with Gasteiger partial charge in [0.15, 0.2) is 0 Å². The van der Waals surface area contributed by atoms with Crippen molar-refractivity contribution in [1.29, 1.82) is 0 Å². The molecular formula is C18H34O5. The fourth-order valence-electron chi connectivity index (χ4n) is 0.969. The van der Waals surface area contributed by atoms with Crippen molar-refractivity contribution >= 4 is 11.9 Å². The van der Waals surface area contributed by atoms with Crippen molar-refractivity contribution in [2.24, 2.45) is 5.92 Å². The van der Waals surface area contributed by atoms with Crippen LogP contribution in [-0.2, 0) is 9.59 Å². The monoisotopic (exact) mass is 330 g/mol. The van der Waals surface area contributed by atoms with E-state index in [4.69, 9.17) is 10.2 Å². The van der Waals surface area contributed by atoms with Crippen molar-refractivity contribution in [2.45, 2.75) is 72.8 Å². The van der Waals surface area contributed by atoms with Crippen molar-refractivity contribution in [3.63, 3.8) is 0 Å². The van der Waals surface area contributed by atoms with Gasteiger partial charge in [-0.05, 0) is 40.0 Å². The molecule has 3 N–H and O–H groups in total. The molecular weight excluding hydrogens is 296 g/mol. The molecule has 1 atom stereocenters. The van der Waals surface area contributed by atoms with Crippen LogP contribution in [0.5, 0.6) is 0 Å². The van der Waals surface area contributed by atoms with Crippen LogP contribution in [0.25, 0.3) is 0 Å². The fraction of sp³-hybridized carbons (Fsp3) is 0.667. The maximum Gasteiger partial charge on any atom is 0.305 e. The number of hydrogen-bond acceptors (Lipinski definition) is 3. The predicted octanol–water partition coefficient (Wildman–Crippen LogP) is 4.27. The summed E-state index contributed by atoms with van der Waals surface area (Å²) in [6, 6.07) is 0. The third kappa shape index (κ3) is 29.1. The van der Waals surface area contributed by atoms with Crippen LogP contribution in [0.1, 0.15) is 67.2 Å². The molecule has 1 unspecified atom stereocenters. The fourth-order valence-corrected chi connectivity index (χ4v) is 0.969. The molecule has 0 aliphatic carbocycles. The second-order valence-corrected chi connectivity index (χ2v) is 6.02. The summed E-state index contributed by atoms with van der Waals surface area (Å²) in [5.74, 6) is -1.68. The second kappa shape index (κ2) is 15.3. The lowest BCUT2D eigenvalue weighted by atomic mass is 10.00. The Morgan fingerprint density at radius 2 is 1.65 bits per heavy atom. The van der Waals surface area contributed by atoms with Gasteiger partial charge < -0.3 is 15.3 Å². The van der Waals surface area contributed by atoms with E-state index in [2.05, 4.69) is 26.5 Å². The number of carboxylic acids is 2. The molecule has 0 aliphatic heterocycles. The van der Waals surface area contributed by atoms with Gasteiger partial charge in [-0.15, -0.1) is 6.58 Å². The number of hydrogen-bond donors (Lipinski definition) is 3. The first-order chi connectivity index (χ1) is 10.4. The number of aliphatic carboxylic acids is 2. The molecule has 23 heavy (non-hydrogen) atoms. The van der Waals surface area contributed by atoms with Crippen LogP contribution >= 0.6 is 0 Å². The van der Waals surface area contributed by atoms with Crippen LogP contribution in [0.3, 0.4) is 0 Å². The van der Waals surface area contributed by atoms with Crippen LogP contribution in [0.15, 0.2) is 24.3 Å². The summed E-state index contributed by atoms with van der Waals surface area (Å²) in [4.78, 5) is 19.3. The van der Waals surface area contributed by atoms with E-state index in [9.17, 15) is 14.7 Å². The number of rotatable bonds is 7. The third-order valence-corrected chi connectivity index (χ3v) is 2.60. The molecule has 0 fully saturated rings. The van der Waals surface area contributed by atoms with Crippen LogP contribution in [0.4, 0.5) is 0 Å². The molecule has 0 aromatic carbocycles. The van der Waals surface area contributed by atoms with Crippen molar-refractivity contribution in [1.82, 2.24) is 0 Å². The van der Waals surface area contributed by atoms with E-state index < -0.39 is 17.5 Å². The maximum atomic E-state index is 9.70. The van der Waals surface area contributed by atoms with Crippen LogP contribution < -0.4 is 0 Å². The van der Waals surface area contributed by atoms with E-state index in [1.807, 2.05) is 6.92 Å². The first kappa shape index (κ1) is 26.3. The molecule has 0 aliphatic rings. The van der Waals surface area contributed by atoms with Gasteiger partial charge in [0.25, 0.3) is 0 Å². The van der Waals surface area contributed by atoms with Crippen molar-refractivity contribution in [3.05, 3.63) is 24.3 Å². The minimum absolute atomic E-state index is 0.231. The SMILES string of the molecule is C=CC(C)(O)CCC=C(C)C.CC(C)C(=O)O.CCCC(=O)O. The van der Waals surface area contributed by atoms with E-state index in [1.165, 1.54) is 5.57 Å². The van der Waals surface area contributed by atoms with Gasteiger partial charge >= 0.3 is 11.9 Å². The van der Waals surface area contributed by atoms with Gasteiger partial charge in [-0.1, -0.05) is 38.5 Å². The molecule has 0 spiro atoms. The molecule has 0 rings (SSSR count). The Labute approximate surface area is 140 Å². The molecule has 5 heteroatoms. The topological polar surface area (TPSA) is 94.8 Å². The first-order valence-corrected chi connectivity index (χ1v) is 7.83. The molecule has 5 nitrogen and oxygen atoms in total. The summed E-state index contributed by atoms with van der Waals surface area (Å²) in [5, 5.41) is 25.4. The van der Waals surface area contributed by atoms with Crippen LogP contribution in [-0.4, -0.2) is 32.9 Å². The first-order valence-electron chi connectivity index (χ1n) is 7.83. The summed E-state index contributed by atoms with van der Waals surface area (Å²) >= 11 is 0. The Hall–Kier alpha value is -1.62. The number of aliphatic hydroxyl groups is 1. The zero-order valence-corrected chi connectivity index (χ0v) is 15.4. The summed E-state index contributed by atoms with van der Waals surface area (Å²) < 4.78 is 0. The highest BCUT2D eigenvalue weighted by Crippen LogP contribution is 2.13. The molecule has 0 aromatic rings. The maximum absolute atomic E-state index is 9.70. The van der Waals surface area contributed by atoms with Crippen molar-refractivity contribution in [3.8, 4) is 0 Å². The van der Waals surface area contributed by atoms with Gasteiger partial charge in [-0.25, -0.2) is 0 Å². The second-order valence-electron chi connectivity index (χ2n) is 6.02. The quantitative estimate of drug-likeness (QED) is 0.606. The largest absolute Gasteiger partial charge is 0.481 e. The van der Waals surface area contributed by atoms with Gasteiger partial charge in [-0.3, -0.25) is 9.59 Å². The Bertz CT molecular complexity index is 364. The van der Waals surface area contributed by atoms with Gasteiger partial charge in [0.05, 0.1) is 11.5 Å². The lowest BCUT2D eigenvalue weighted by molar-refractivity contribution is -0.140. The summed E-state index contributed by atoms with van der Waals surface area (Å²) in [5.41, 5.74) is 0.594. The summed E-state index contributed by atoms with van der Waals surface area (Å²) in [6.07, 6.45) is 6.40. The van der Waals surface area contributed by atoms with E-state index in [-0.39, 0.29) is 5.92 Å². The standard InChI is InChI=1S/C10H18O.2C4H8O2/c1-5-10(4,11)8-6-7-9(2)3;1-3(2)4(5)6;1-2-3-4(5)6/h5,7,11H,1,6,8H2,2-4H3;3H,1-2H3,(H,5,6);2-3H2,1H3,(H,5,6). The van der Waals surface area contributed by atoms with E-state index in [0.29, 0.717) is 6.42 Å². The molecule has 0 radical (unpaired) electrons. The Kier molecular flexibility index (Phi) is 17.5. The highest BCUT2D eigenvalue weighted by molar-refractivity contribution is 5.68. The van der Waals surface area contributed by atoms with E-state index >= 15 is 0 Å². The van der Waals surface area contributed by atoms with Gasteiger partial charge in [0.2, 0.25) is 0 Å². The Balaban J connectivity index is -0.000000284. The minimum Gasteiger partial charge on any atom is -0.481 e. The zero-order chi connectivity index (χ0) is 19.1. The number of carboxylic acid groups (broad SMARTS) is 2. The molecule has 0 heterocycles. The third-order valence-electron chi connectivity index (χ3n) is 2.60. The van der Waals surface area contributed by atoms with Gasteiger partial charge in [0, 0.05) is 6.42 Å². The zero-order valence-electron chi connectivity index (χ0n) is 15.4. The molecule has 0 bridgehead atoms. The summed E-state index contributed by atoms with van der Waals surface area (Å²) in [6.45, 7) is 14.6. The molecule has 136 valence electrons. The molecule has 0 amide bonds.